The van der Waals surface area contributed by atoms with Crippen molar-refractivity contribution in [3.8, 4) is 5.75 Å². The minimum atomic E-state index is -1.61. The second kappa shape index (κ2) is 6.04. The van der Waals surface area contributed by atoms with E-state index in [1.165, 1.54) is 24.4 Å². The van der Waals surface area contributed by atoms with Gasteiger partial charge in [-0.25, -0.2) is 0 Å². The van der Waals surface area contributed by atoms with Gasteiger partial charge in [-0.05, 0) is 35.3 Å². The van der Waals surface area contributed by atoms with E-state index in [0.29, 0.717) is 5.56 Å². The highest BCUT2D eigenvalue weighted by atomic mass is 16.4. The standard InChI is InChI=1S/C13H13BN2O3/c17-12-6-7-13(14(18)19)10(8-12)9-15-16-11-4-2-1-3-5-11/h1-9,16-19H/b15-9+. The summed E-state index contributed by atoms with van der Waals surface area (Å²) in [7, 11) is -1.61. The first-order valence-corrected chi connectivity index (χ1v) is 5.70. The minimum Gasteiger partial charge on any atom is -0.508 e. The van der Waals surface area contributed by atoms with Crippen LogP contribution in [0.1, 0.15) is 5.56 Å². The van der Waals surface area contributed by atoms with Crippen molar-refractivity contribution < 1.29 is 15.2 Å². The number of benzene rings is 2. The van der Waals surface area contributed by atoms with E-state index in [4.69, 9.17) is 0 Å². The molecular weight excluding hydrogens is 243 g/mol. The molecule has 0 heterocycles. The molecule has 2 aromatic rings. The van der Waals surface area contributed by atoms with Crippen molar-refractivity contribution >= 4 is 24.5 Å². The summed E-state index contributed by atoms with van der Waals surface area (Å²) in [5, 5.41) is 31.8. The summed E-state index contributed by atoms with van der Waals surface area (Å²) in [6, 6.07) is 13.6. The third-order valence-electron chi connectivity index (χ3n) is 2.52. The molecule has 0 atom stereocenters. The molecule has 0 saturated heterocycles. The molecule has 6 heteroatoms. The van der Waals surface area contributed by atoms with Crippen molar-refractivity contribution in [2.75, 3.05) is 5.43 Å². The fourth-order valence-electron chi connectivity index (χ4n) is 1.60. The van der Waals surface area contributed by atoms with E-state index in [-0.39, 0.29) is 11.2 Å². The van der Waals surface area contributed by atoms with Gasteiger partial charge in [0.1, 0.15) is 5.75 Å². The highest BCUT2D eigenvalue weighted by Gasteiger charge is 2.15. The summed E-state index contributed by atoms with van der Waals surface area (Å²) >= 11 is 0. The summed E-state index contributed by atoms with van der Waals surface area (Å²) in [5.41, 5.74) is 4.32. The molecule has 0 unspecified atom stereocenters. The van der Waals surface area contributed by atoms with Crippen LogP contribution in [0.4, 0.5) is 5.69 Å². The van der Waals surface area contributed by atoms with E-state index >= 15 is 0 Å². The number of aromatic hydroxyl groups is 1. The largest absolute Gasteiger partial charge is 0.508 e. The lowest BCUT2D eigenvalue weighted by atomic mass is 9.77. The topological polar surface area (TPSA) is 85.1 Å². The van der Waals surface area contributed by atoms with Crippen LogP contribution in [0.25, 0.3) is 0 Å². The number of nitrogens with zero attached hydrogens (tertiary/aromatic N) is 1. The maximum absolute atomic E-state index is 9.39. The van der Waals surface area contributed by atoms with Crippen LogP contribution in [-0.2, 0) is 0 Å². The maximum Gasteiger partial charge on any atom is 0.489 e. The molecule has 0 aromatic heterocycles. The first-order valence-electron chi connectivity index (χ1n) is 5.70. The van der Waals surface area contributed by atoms with Crippen LogP contribution in [0.5, 0.6) is 5.75 Å². The molecule has 0 amide bonds. The average Bonchev–Trinajstić information content (AvgIpc) is 2.39. The highest BCUT2D eigenvalue weighted by molar-refractivity contribution is 6.60. The number of hydrazone groups is 1. The van der Waals surface area contributed by atoms with Crippen LogP contribution >= 0.6 is 0 Å². The summed E-state index contributed by atoms with van der Waals surface area (Å²) in [5.74, 6) is 0.0329. The van der Waals surface area contributed by atoms with Gasteiger partial charge in [-0.3, -0.25) is 5.43 Å². The van der Waals surface area contributed by atoms with Gasteiger partial charge in [-0.1, -0.05) is 24.3 Å². The van der Waals surface area contributed by atoms with Crippen molar-refractivity contribution in [2.24, 2.45) is 5.10 Å². The number of hydrogen-bond acceptors (Lipinski definition) is 5. The molecule has 0 aliphatic carbocycles. The van der Waals surface area contributed by atoms with Crippen molar-refractivity contribution in [2.45, 2.75) is 0 Å². The van der Waals surface area contributed by atoms with Crippen LogP contribution < -0.4 is 10.9 Å². The molecule has 2 aromatic carbocycles. The van der Waals surface area contributed by atoms with Crippen molar-refractivity contribution in [1.29, 1.82) is 0 Å². The molecule has 2 rings (SSSR count). The van der Waals surface area contributed by atoms with Gasteiger partial charge in [0.15, 0.2) is 0 Å². The second-order valence-electron chi connectivity index (χ2n) is 3.92. The Labute approximate surface area is 111 Å². The Morgan fingerprint density at radius 2 is 1.79 bits per heavy atom. The molecule has 96 valence electrons. The first-order chi connectivity index (χ1) is 9.16. The summed E-state index contributed by atoms with van der Waals surface area (Å²) in [6.45, 7) is 0. The number of para-hydroxylation sites is 1. The summed E-state index contributed by atoms with van der Waals surface area (Å²) in [4.78, 5) is 0. The Hall–Kier alpha value is -2.31. The molecule has 5 nitrogen and oxygen atoms in total. The van der Waals surface area contributed by atoms with Gasteiger partial charge >= 0.3 is 7.12 Å². The van der Waals surface area contributed by atoms with E-state index in [2.05, 4.69) is 10.5 Å². The predicted molar refractivity (Wildman–Crippen MR) is 75.6 cm³/mol. The Morgan fingerprint density at radius 1 is 1.05 bits per heavy atom. The van der Waals surface area contributed by atoms with Gasteiger partial charge in [0, 0.05) is 0 Å². The zero-order valence-electron chi connectivity index (χ0n) is 10.1. The van der Waals surface area contributed by atoms with E-state index in [1.807, 2.05) is 30.3 Å². The van der Waals surface area contributed by atoms with Gasteiger partial charge in [0.25, 0.3) is 0 Å². The normalized spacial score (nSPS) is 10.6. The van der Waals surface area contributed by atoms with Crippen LogP contribution in [0, 0.1) is 0 Å². The molecular formula is C13H13BN2O3. The molecule has 0 radical (unpaired) electrons. The van der Waals surface area contributed by atoms with Gasteiger partial charge in [-0.15, -0.1) is 0 Å². The molecule has 19 heavy (non-hydrogen) atoms. The average molecular weight is 256 g/mol. The van der Waals surface area contributed by atoms with Crippen molar-refractivity contribution in [3.63, 3.8) is 0 Å². The Balaban J connectivity index is 2.16. The number of phenolic OH excluding ortho intramolecular Hbond substituents is 1. The summed E-state index contributed by atoms with van der Waals surface area (Å²) < 4.78 is 0. The van der Waals surface area contributed by atoms with E-state index in [1.54, 1.807) is 0 Å². The molecule has 0 aliphatic rings. The third kappa shape index (κ3) is 3.57. The zero-order chi connectivity index (χ0) is 13.7. The molecule has 4 N–H and O–H groups in total. The number of anilines is 1. The van der Waals surface area contributed by atoms with Crippen LogP contribution in [0.3, 0.4) is 0 Å². The molecule has 0 bridgehead atoms. The van der Waals surface area contributed by atoms with Gasteiger partial charge < -0.3 is 15.2 Å². The molecule has 0 spiro atoms. The monoisotopic (exact) mass is 256 g/mol. The Bertz CT molecular complexity index is 573. The Kier molecular flexibility index (Phi) is 4.17. The second-order valence-corrected chi connectivity index (χ2v) is 3.92. The SMILES string of the molecule is OB(O)c1ccc(O)cc1/C=N/Nc1ccccc1. The number of phenols is 1. The smallest absolute Gasteiger partial charge is 0.489 e. The van der Waals surface area contributed by atoms with E-state index in [9.17, 15) is 15.2 Å². The third-order valence-corrected chi connectivity index (χ3v) is 2.52. The highest BCUT2D eigenvalue weighted by Crippen LogP contribution is 2.09. The van der Waals surface area contributed by atoms with Crippen molar-refractivity contribution in [3.05, 3.63) is 54.1 Å². The zero-order valence-corrected chi connectivity index (χ0v) is 10.1. The fourth-order valence-corrected chi connectivity index (χ4v) is 1.60. The van der Waals surface area contributed by atoms with Gasteiger partial charge in [0.05, 0.1) is 11.9 Å². The summed E-state index contributed by atoms with van der Waals surface area (Å²) in [6.07, 6.45) is 1.42. The van der Waals surface area contributed by atoms with Gasteiger partial charge in [-0.2, -0.15) is 5.10 Å². The molecule has 0 aliphatic heterocycles. The van der Waals surface area contributed by atoms with Crippen LogP contribution in [0.15, 0.2) is 53.6 Å². The Morgan fingerprint density at radius 3 is 2.47 bits per heavy atom. The first kappa shape index (κ1) is 13.1. The van der Waals surface area contributed by atoms with E-state index in [0.717, 1.165) is 5.69 Å². The van der Waals surface area contributed by atoms with Crippen LogP contribution in [0.2, 0.25) is 0 Å². The van der Waals surface area contributed by atoms with Crippen LogP contribution in [-0.4, -0.2) is 28.5 Å². The lowest BCUT2D eigenvalue weighted by Gasteiger charge is -2.05. The lowest BCUT2D eigenvalue weighted by molar-refractivity contribution is 0.425. The molecule has 0 saturated carbocycles. The van der Waals surface area contributed by atoms with Crippen molar-refractivity contribution in [1.82, 2.24) is 0 Å². The minimum absolute atomic E-state index is 0.0329. The quantitative estimate of drug-likeness (QED) is 0.365. The van der Waals surface area contributed by atoms with E-state index < -0.39 is 7.12 Å². The predicted octanol–water partition coefficient (Wildman–Crippen LogP) is 0.518. The maximum atomic E-state index is 9.39. The van der Waals surface area contributed by atoms with Gasteiger partial charge in [0.2, 0.25) is 0 Å². The number of rotatable bonds is 4. The lowest BCUT2D eigenvalue weighted by Crippen LogP contribution is -2.32. The number of nitrogens with one attached hydrogen (secondary N) is 1. The molecule has 0 fully saturated rings. The number of hydrogen-bond donors (Lipinski definition) is 4. The fraction of sp³-hybridized carbons (Fsp3) is 0.